The van der Waals surface area contributed by atoms with E-state index in [0.29, 0.717) is 29.3 Å². The van der Waals surface area contributed by atoms with Crippen LogP contribution in [0.5, 0.6) is 0 Å². The monoisotopic (exact) mass is 413 g/mol. The number of hydrogen-bond donors (Lipinski definition) is 2. The van der Waals surface area contributed by atoms with Gasteiger partial charge in [0.15, 0.2) is 0 Å². The fraction of sp³-hybridized carbons (Fsp3) is 0.920. The molecule has 3 bridgehead atoms. The topological polar surface area (TPSA) is 61.4 Å². The Balaban J connectivity index is 1.04. The number of nitrogens with zero attached hydrogens (tertiary/aromatic N) is 1. The second kappa shape index (κ2) is 6.02. The van der Waals surface area contributed by atoms with Gasteiger partial charge < -0.3 is 10.6 Å². The second-order valence-electron chi connectivity index (χ2n) is 13.1. The summed E-state index contributed by atoms with van der Waals surface area (Å²) in [6, 6.07) is 0.387. The average Bonchev–Trinajstić information content (AvgIpc) is 3.19. The molecule has 6 aliphatic rings. The van der Waals surface area contributed by atoms with Crippen LogP contribution in [-0.4, -0.2) is 47.9 Å². The highest BCUT2D eigenvalue weighted by atomic mass is 16.2. The molecule has 1 aliphatic heterocycles. The molecular weight excluding hydrogens is 374 g/mol. The molecule has 5 aliphatic carbocycles. The molecule has 0 aromatic heterocycles. The highest BCUT2D eigenvalue weighted by molar-refractivity contribution is 5.86. The van der Waals surface area contributed by atoms with E-state index in [2.05, 4.69) is 15.5 Å². The van der Waals surface area contributed by atoms with Gasteiger partial charge >= 0.3 is 0 Å². The first kappa shape index (κ1) is 19.6. The van der Waals surface area contributed by atoms with Gasteiger partial charge in [0, 0.05) is 11.6 Å². The van der Waals surface area contributed by atoms with Crippen molar-refractivity contribution >= 4 is 11.8 Å². The number of carbonyl (C=O) groups is 2. The van der Waals surface area contributed by atoms with Crippen LogP contribution in [0.4, 0.5) is 0 Å². The maximum Gasteiger partial charge on any atom is 0.234 e. The third-order valence-corrected chi connectivity index (χ3v) is 10.2. The summed E-state index contributed by atoms with van der Waals surface area (Å²) in [5.74, 6) is 3.17. The van der Waals surface area contributed by atoms with E-state index in [9.17, 15) is 9.59 Å². The minimum Gasteiger partial charge on any atom is -0.352 e. The van der Waals surface area contributed by atoms with Gasteiger partial charge in [-0.05, 0) is 120 Å². The second-order valence-corrected chi connectivity index (χ2v) is 13.1. The molecule has 6 rings (SSSR count). The van der Waals surface area contributed by atoms with Crippen LogP contribution in [0.25, 0.3) is 0 Å². The van der Waals surface area contributed by atoms with Crippen molar-refractivity contribution in [3.63, 3.8) is 0 Å². The first-order valence-electron chi connectivity index (χ1n) is 12.5. The zero-order valence-electron chi connectivity index (χ0n) is 19.1. The van der Waals surface area contributed by atoms with Gasteiger partial charge in [0.05, 0.1) is 12.0 Å². The Hall–Kier alpha value is -1.10. The number of likely N-dealkylation sites (tertiary alicyclic amines) is 1. The van der Waals surface area contributed by atoms with E-state index >= 15 is 0 Å². The van der Waals surface area contributed by atoms with Crippen molar-refractivity contribution in [3.8, 4) is 0 Å². The van der Waals surface area contributed by atoms with E-state index in [4.69, 9.17) is 0 Å². The molecule has 0 aromatic rings. The lowest BCUT2D eigenvalue weighted by atomic mass is 9.46. The van der Waals surface area contributed by atoms with E-state index in [0.717, 1.165) is 50.1 Å². The molecule has 1 heterocycles. The zero-order valence-corrected chi connectivity index (χ0v) is 19.1. The van der Waals surface area contributed by atoms with E-state index in [1.165, 1.54) is 38.5 Å². The molecule has 0 radical (unpaired) electrons. The molecule has 5 heteroatoms. The summed E-state index contributed by atoms with van der Waals surface area (Å²) < 4.78 is 0. The highest BCUT2D eigenvalue weighted by Crippen LogP contribution is 2.81. The minimum absolute atomic E-state index is 0.00309. The molecule has 6 fully saturated rings. The summed E-state index contributed by atoms with van der Waals surface area (Å²) in [7, 11) is 0. The highest BCUT2D eigenvalue weighted by Gasteiger charge is 2.77. The van der Waals surface area contributed by atoms with Crippen molar-refractivity contribution in [2.24, 2.45) is 34.0 Å². The molecule has 5 unspecified atom stereocenters. The molecule has 2 N–H and O–H groups in total. The molecule has 5 saturated carbocycles. The molecule has 30 heavy (non-hydrogen) atoms. The van der Waals surface area contributed by atoms with Crippen LogP contribution in [0, 0.1) is 34.0 Å². The van der Waals surface area contributed by atoms with Gasteiger partial charge in [0.25, 0.3) is 0 Å². The fourth-order valence-electron chi connectivity index (χ4n) is 9.01. The van der Waals surface area contributed by atoms with Crippen molar-refractivity contribution in [2.45, 2.75) is 90.1 Å². The Kier molecular flexibility index (Phi) is 3.93. The number of carbonyl (C=O) groups excluding carboxylic acids is 2. The van der Waals surface area contributed by atoms with Crippen LogP contribution >= 0.6 is 0 Å². The van der Waals surface area contributed by atoms with E-state index in [-0.39, 0.29) is 16.9 Å². The summed E-state index contributed by atoms with van der Waals surface area (Å²) in [4.78, 5) is 28.1. The Bertz CT molecular complexity index is 774. The number of nitrogens with one attached hydrogen (secondary N) is 2. The van der Waals surface area contributed by atoms with Gasteiger partial charge in [-0.2, -0.15) is 0 Å². The van der Waals surface area contributed by atoms with Crippen LogP contribution in [0.3, 0.4) is 0 Å². The first-order chi connectivity index (χ1) is 14.1. The van der Waals surface area contributed by atoms with Crippen LogP contribution in [0.2, 0.25) is 0 Å². The summed E-state index contributed by atoms with van der Waals surface area (Å²) in [5, 5.41) is 6.65. The summed E-state index contributed by atoms with van der Waals surface area (Å²) in [6.45, 7) is 8.54. The van der Waals surface area contributed by atoms with Crippen molar-refractivity contribution in [2.75, 3.05) is 19.6 Å². The largest absolute Gasteiger partial charge is 0.352 e. The number of piperidine rings is 1. The third kappa shape index (κ3) is 2.69. The lowest BCUT2D eigenvalue weighted by molar-refractivity contribution is -0.161. The number of amides is 2. The lowest BCUT2D eigenvalue weighted by Gasteiger charge is -2.57. The van der Waals surface area contributed by atoms with Crippen molar-refractivity contribution in [3.05, 3.63) is 0 Å². The third-order valence-electron chi connectivity index (χ3n) is 10.2. The van der Waals surface area contributed by atoms with Gasteiger partial charge in [-0.1, -0.05) is 0 Å². The number of hydrogen-bond acceptors (Lipinski definition) is 3. The van der Waals surface area contributed by atoms with Gasteiger partial charge in [0.2, 0.25) is 11.8 Å². The summed E-state index contributed by atoms with van der Waals surface area (Å²) >= 11 is 0. The normalized spacial score (nSPS) is 45.2. The number of rotatable bonds is 4. The standard InChI is InChI=1S/C25H39N3O2/c1-22(2,3)27-20(29)15-28-6-4-23(5-7-28)14-19(23)26-21(30)25-12-17-8-16-9-18(13-25)24(25,10-16)11-17/h16-19H,4-15H2,1-3H3,(H,26,30)(H,27,29)/t16?,17?,18?,19-,24?,25?/m1/s1. The molecule has 2 amide bonds. The van der Waals surface area contributed by atoms with Crippen LogP contribution in [0.15, 0.2) is 0 Å². The Morgan fingerprint density at radius 1 is 0.967 bits per heavy atom. The fourth-order valence-corrected chi connectivity index (χ4v) is 9.01. The van der Waals surface area contributed by atoms with Gasteiger partial charge in [0.1, 0.15) is 0 Å². The van der Waals surface area contributed by atoms with E-state index in [1.807, 2.05) is 20.8 Å². The maximum absolute atomic E-state index is 13.6. The quantitative estimate of drug-likeness (QED) is 0.745. The molecular formula is C25H39N3O2. The van der Waals surface area contributed by atoms with Crippen molar-refractivity contribution in [1.82, 2.24) is 15.5 Å². The van der Waals surface area contributed by atoms with Crippen LogP contribution in [0.1, 0.15) is 78.6 Å². The minimum atomic E-state index is -0.169. The van der Waals surface area contributed by atoms with Gasteiger partial charge in [-0.15, -0.1) is 0 Å². The first-order valence-corrected chi connectivity index (χ1v) is 12.5. The lowest BCUT2D eigenvalue weighted by Crippen LogP contribution is -2.60. The molecule has 2 spiro atoms. The van der Waals surface area contributed by atoms with Gasteiger partial charge in [-0.3, -0.25) is 14.5 Å². The predicted molar refractivity (Wildman–Crippen MR) is 116 cm³/mol. The average molecular weight is 414 g/mol. The van der Waals surface area contributed by atoms with E-state index in [1.54, 1.807) is 0 Å². The Morgan fingerprint density at radius 2 is 1.70 bits per heavy atom. The predicted octanol–water partition coefficient (Wildman–Crippen LogP) is 3.09. The van der Waals surface area contributed by atoms with Crippen LogP contribution in [-0.2, 0) is 9.59 Å². The zero-order chi connectivity index (χ0) is 20.9. The maximum atomic E-state index is 13.6. The smallest absolute Gasteiger partial charge is 0.234 e. The molecule has 166 valence electrons. The van der Waals surface area contributed by atoms with Crippen LogP contribution < -0.4 is 10.6 Å². The summed E-state index contributed by atoms with van der Waals surface area (Å²) in [5.41, 5.74) is 0.549. The Labute approximate surface area is 181 Å². The Morgan fingerprint density at radius 3 is 2.43 bits per heavy atom. The van der Waals surface area contributed by atoms with Gasteiger partial charge in [-0.25, -0.2) is 0 Å². The van der Waals surface area contributed by atoms with Crippen molar-refractivity contribution < 1.29 is 9.59 Å². The molecule has 6 atom stereocenters. The van der Waals surface area contributed by atoms with E-state index < -0.39 is 0 Å². The SMILES string of the molecule is CC(C)(C)NC(=O)CN1CCC2(CC1)C[C@H]2NC(=O)C12CC3CC4CC(C1)C2(C4)C3. The molecule has 0 aromatic carbocycles. The summed E-state index contributed by atoms with van der Waals surface area (Å²) in [6.07, 6.45) is 11.3. The molecule has 1 saturated heterocycles. The molecule has 5 nitrogen and oxygen atoms in total. The number of fused-ring (bicyclic) bond motifs is 2. The van der Waals surface area contributed by atoms with Crippen molar-refractivity contribution in [1.29, 1.82) is 0 Å².